The molecule has 160 valence electrons. The molecule has 2 aromatic carbocycles. The SMILES string of the molecule is CCc1c(C)cccc1Cn1nc(-c2ccc(Cl)cc2)n(C[C@H](O)C(F)(F)F)c1=O. The number of aromatic nitrogens is 3. The summed E-state index contributed by atoms with van der Waals surface area (Å²) in [4.78, 5) is 12.9. The third-order valence-corrected chi connectivity index (χ3v) is 5.19. The Morgan fingerprint density at radius 1 is 1.17 bits per heavy atom. The lowest BCUT2D eigenvalue weighted by molar-refractivity contribution is -0.207. The minimum Gasteiger partial charge on any atom is -0.382 e. The van der Waals surface area contributed by atoms with Crippen LogP contribution in [0.2, 0.25) is 5.02 Å². The van der Waals surface area contributed by atoms with Crippen molar-refractivity contribution in [1.29, 1.82) is 0 Å². The summed E-state index contributed by atoms with van der Waals surface area (Å²) in [6.45, 7) is 3.11. The van der Waals surface area contributed by atoms with Crippen molar-refractivity contribution >= 4 is 11.6 Å². The van der Waals surface area contributed by atoms with E-state index in [1.165, 1.54) is 0 Å². The molecule has 0 saturated heterocycles. The number of alkyl halides is 3. The van der Waals surface area contributed by atoms with E-state index in [0.29, 0.717) is 10.6 Å². The molecule has 0 amide bonds. The summed E-state index contributed by atoms with van der Waals surface area (Å²) in [6.07, 6.45) is -6.80. The van der Waals surface area contributed by atoms with Crippen LogP contribution in [0.1, 0.15) is 23.6 Å². The van der Waals surface area contributed by atoms with Crippen molar-refractivity contribution in [1.82, 2.24) is 14.3 Å². The summed E-state index contributed by atoms with van der Waals surface area (Å²) in [6, 6.07) is 11.9. The highest BCUT2D eigenvalue weighted by Gasteiger charge is 2.39. The van der Waals surface area contributed by atoms with E-state index in [4.69, 9.17) is 11.6 Å². The van der Waals surface area contributed by atoms with Crippen LogP contribution in [-0.4, -0.2) is 31.7 Å². The molecule has 3 aromatic rings. The van der Waals surface area contributed by atoms with Gasteiger partial charge in [0.2, 0.25) is 0 Å². The van der Waals surface area contributed by atoms with E-state index in [9.17, 15) is 23.1 Å². The standard InChI is InChI=1S/C21H21ClF3N3O2/c1-3-17-13(2)5-4-6-15(17)11-28-20(30)27(12-18(29)21(23,24)25)19(26-28)14-7-9-16(22)10-8-14/h4-10,18,29H,3,11-12H2,1-2H3/t18-/m0/s1. The minimum atomic E-state index is -4.86. The van der Waals surface area contributed by atoms with Crippen molar-refractivity contribution in [2.75, 3.05) is 0 Å². The van der Waals surface area contributed by atoms with Crippen LogP contribution < -0.4 is 5.69 Å². The molecule has 0 fully saturated rings. The Balaban J connectivity index is 2.09. The number of rotatable bonds is 6. The second-order valence-corrected chi connectivity index (χ2v) is 7.44. The smallest absolute Gasteiger partial charge is 0.382 e. The maximum atomic E-state index is 12.9. The fourth-order valence-corrected chi connectivity index (χ4v) is 3.50. The monoisotopic (exact) mass is 439 g/mol. The number of nitrogens with zero attached hydrogens (tertiary/aromatic N) is 3. The fraction of sp³-hybridized carbons (Fsp3) is 0.333. The van der Waals surface area contributed by atoms with Crippen molar-refractivity contribution in [3.63, 3.8) is 0 Å². The molecule has 0 saturated carbocycles. The van der Waals surface area contributed by atoms with Gasteiger partial charge in [0, 0.05) is 10.6 Å². The third kappa shape index (κ3) is 4.60. The zero-order valence-electron chi connectivity index (χ0n) is 16.4. The maximum absolute atomic E-state index is 12.9. The predicted molar refractivity (Wildman–Crippen MR) is 109 cm³/mol. The third-order valence-electron chi connectivity index (χ3n) is 4.94. The lowest BCUT2D eigenvalue weighted by atomic mass is 10.00. The normalized spacial score (nSPS) is 12.9. The molecular formula is C21H21ClF3N3O2. The Morgan fingerprint density at radius 2 is 1.83 bits per heavy atom. The molecule has 0 aliphatic heterocycles. The summed E-state index contributed by atoms with van der Waals surface area (Å²) < 4.78 is 40.8. The molecule has 0 bridgehead atoms. The van der Waals surface area contributed by atoms with Gasteiger partial charge in [-0.15, -0.1) is 5.10 Å². The lowest BCUT2D eigenvalue weighted by Crippen LogP contribution is -2.37. The topological polar surface area (TPSA) is 60.1 Å². The van der Waals surface area contributed by atoms with Crippen LogP contribution in [0.25, 0.3) is 11.4 Å². The molecule has 0 aliphatic carbocycles. The highest BCUT2D eigenvalue weighted by atomic mass is 35.5. The minimum absolute atomic E-state index is 0.0330. The highest BCUT2D eigenvalue weighted by Crippen LogP contribution is 2.24. The van der Waals surface area contributed by atoms with Gasteiger partial charge in [-0.2, -0.15) is 13.2 Å². The van der Waals surface area contributed by atoms with E-state index < -0.39 is 24.5 Å². The van der Waals surface area contributed by atoms with Crippen molar-refractivity contribution in [2.24, 2.45) is 0 Å². The zero-order chi connectivity index (χ0) is 22.1. The van der Waals surface area contributed by atoms with Crippen molar-refractivity contribution < 1.29 is 18.3 Å². The average molecular weight is 440 g/mol. The molecule has 1 atom stereocenters. The Labute approximate surface area is 176 Å². The summed E-state index contributed by atoms with van der Waals surface area (Å²) in [5.74, 6) is 0.0330. The van der Waals surface area contributed by atoms with E-state index in [1.807, 2.05) is 32.0 Å². The van der Waals surface area contributed by atoms with Crippen LogP contribution in [-0.2, 0) is 19.5 Å². The predicted octanol–water partition coefficient (Wildman–Crippen LogP) is 4.21. The van der Waals surface area contributed by atoms with Gasteiger partial charge in [-0.25, -0.2) is 9.48 Å². The maximum Gasteiger partial charge on any atom is 0.416 e. The largest absolute Gasteiger partial charge is 0.416 e. The average Bonchev–Trinajstić information content (AvgIpc) is 2.98. The van der Waals surface area contributed by atoms with E-state index in [1.54, 1.807) is 24.3 Å². The number of aryl methyl sites for hydroxylation is 1. The number of aliphatic hydroxyl groups is 1. The van der Waals surface area contributed by atoms with E-state index in [0.717, 1.165) is 32.4 Å². The van der Waals surface area contributed by atoms with Crippen LogP contribution >= 0.6 is 11.6 Å². The van der Waals surface area contributed by atoms with Gasteiger partial charge in [0.15, 0.2) is 11.9 Å². The van der Waals surface area contributed by atoms with Gasteiger partial charge in [-0.05, 0) is 54.3 Å². The van der Waals surface area contributed by atoms with Gasteiger partial charge in [0.25, 0.3) is 0 Å². The molecule has 0 aliphatic rings. The van der Waals surface area contributed by atoms with Gasteiger partial charge >= 0.3 is 11.9 Å². The van der Waals surface area contributed by atoms with Crippen LogP contribution in [0.5, 0.6) is 0 Å². The van der Waals surface area contributed by atoms with E-state index in [2.05, 4.69) is 5.10 Å². The van der Waals surface area contributed by atoms with Gasteiger partial charge in [0.1, 0.15) is 0 Å². The number of aliphatic hydroxyl groups excluding tert-OH is 1. The van der Waals surface area contributed by atoms with Gasteiger partial charge < -0.3 is 5.11 Å². The second kappa shape index (κ2) is 8.65. The Hall–Kier alpha value is -2.58. The van der Waals surface area contributed by atoms with Crippen LogP contribution in [0.4, 0.5) is 13.2 Å². The Morgan fingerprint density at radius 3 is 2.43 bits per heavy atom. The zero-order valence-corrected chi connectivity index (χ0v) is 17.2. The molecule has 9 heteroatoms. The number of halogens is 4. The Kier molecular flexibility index (Phi) is 6.38. The first kappa shape index (κ1) is 22.1. The summed E-state index contributed by atoms with van der Waals surface area (Å²) >= 11 is 5.89. The quantitative estimate of drug-likeness (QED) is 0.626. The fourth-order valence-electron chi connectivity index (χ4n) is 3.38. The number of benzene rings is 2. The van der Waals surface area contributed by atoms with Gasteiger partial charge in [-0.1, -0.05) is 36.7 Å². The van der Waals surface area contributed by atoms with E-state index in [-0.39, 0.29) is 12.4 Å². The van der Waals surface area contributed by atoms with Crippen molar-refractivity contribution in [3.8, 4) is 11.4 Å². The van der Waals surface area contributed by atoms with Crippen LogP contribution in [0, 0.1) is 6.92 Å². The second-order valence-electron chi connectivity index (χ2n) is 7.00. The summed E-state index contributed by atoms with van der Waals surface area (Å²) in [5.41, 5.74) is 2.68. The first-order valence-electron chi connectivity index (χ1n) is 9.37. The van der Waals surface area contributed by atoms with E-state index >= 15 is 0 Å². The summed E-state index contributed by atoms with van der Waals surface area (Å²) in [5, 5.41) is 14.3. The first-order chi connectivity index (χ1) is 14.1. The molecule has 3 rings (SSSR count). The Bertz CT molecular complexity index is 1090. The van der Waals surface area contributed by atoms with Gasteiger partial charge in [-0.3, -0.25) is 4.57 Å². The first-order valence-corrected chi connectivity index (χ1v) is 9.75. The number of hydrogen-bond donors (Lipinski definition) is 1. The molecule has 0 spiro atoms. The molecule has 0 radical (unpaired) electrons. The molecule has 1 aromatic heterocycles. The highest BCUT2D eigenvalue weighted by molar-refractivity contribution is 6.30. The molecular weight excluding hydrogens is 419 g/mol. The molecule has 5 nitrogen and oxygen atoms in total. The van der Waals surface area contributed by atoms with Gasteiger partial charge in [0.05, 0.1) is 13.1 Å². The molecule has 1 heterocycles. The van der Waals surface area contributed by atoms with Crippen LogP contribution in [0.15, 0.2) is 47.3 Å². The lowest BCUT2D eigenvalue weighted by Gasteiger charge is -2.15. The van der Waals surface area contributed by atoms with Crippen LogP contribution in [0.3, 0.4) is 0 Å². The van der Waals surface area contributed by atoms with Crippen molar-refractivity contribution in [3.05, 3.63) is 74.7 Å². The van der Waals surface area contributed by atoms with Crippen molar-refractivity contribution in [2.45, 2.75) is 45.6 Å². The summed E-state index contributed by atoms with van der Waals surface area (Å²) in [7, 11) is 0. The molecule has 1 N–H and O–H groups in total. The molecule has 30 heavy (non-hydrogen) atoms. The number of hydrogen-bond acceptors (Lipinski definition) is 3. The molecule has 0 unspecified atom stereocenters.